The van der Waals surface area contributed by atoms with Crippen LogP contribution in [0.3, 0.4) is 0 Å². The third kappa shape index (κ3) is 2.68. The summed E-state index contributed by atoms with van der Waals surface area (Å²) in [6.07, 6.45) is 0. The number of phenolic OH excluding ortho intramolecular Hbond substituents is 1. The first-order valence-electron chi connectivity index (χ1n) is 5.78. The monoisotopic (exact) mass is 258 g/mol. The van der Waals surface area contributed by atoms with Crippen LogP contribution >= 0.6 is 0 Å². The van der Waals surface area contributed by atoms with Crippen LogP contribution in [-0.4, -0.2) is 23.3 Å². The molecule has 19 heavy (non-hydrogen) atoms. The van der Waals surface area contributed by atoms with Crippen LogP contribution in [0.2, 0.25) is 0 Å². The summed E-state index contributed by atoms with van der Waals surface area (Å²) >= 11 is 0. The van der Waals surface area contributed by atoms with Crippen LogP contribution in [0.15, 0.2) is 48.5 Å². The molecule has 2 aromatic rings. The molecule has 0 aliphatic rings. The average molecular weight is 258 g/mol. The number of carboxylic acid groups (broad SMARTS) is 1. The predicted octanol–water partition coefficient (Wildman–Crippen LogP) is 2.62. The number of carbonyl (C=O) groups is 1. The molecule has 0 aromatic heterocycles. The van der Waals surface area contributed by atoms with Crippen molar-refractivity contribution in [1.29, 1.82) is 0 Å². The van der Waals surface area contributed by atoms with Crippen molar-refractivity contribution < 1.29 is 19.7 Å². The minimum absolute atomic E-state index is 0.0120. The molecular weight excluding hydrogens is 244 g/mol. The molecule has 4 heteroatoms. The molecule has 1 atom stereocenters. The molecule has 2 N–H and O–H groups in total. The van der Waals surface area contributed by atoms with Crippen LogP contribution in [0.4, 0.5) is 0 Å². The summed E-state index contributed by atoms with van der Waals surface area (Å²) in [5.74, 6) is -1.41. The molecule has 0 saturated carbocycles. The highest BCUT2D eigenvalue weighted by molar-refractivity contribution is 5.81. The Hall–Kier alpha value is -2.49. The fourth-order valence-electron chi connectivity index (χ4n) is 2.05. The molecule has 0 heterocycles. The fourth-order valence-corrected chi connectivity index (χ4v) is 2.05. The van der Waals surface area contributed by atoms with Gasteiger partial charge in [0, 0.05) is 5.56 Å². The lowest BCUT2D eigenvalue weighted by atomic mass is 9.90. The Balaban J connectivity index is 2.57. The molecule has 0 bridgehead atoms. The standard InChI is InChI=1S/C15H14O4/c1-19-13-8-7-11(16)9-12(13)14(15(17)18)10-5-3-2-4-6-10/h2-9,14,16H,1H3,(H,17,18)/t14-/m0/s1. The average Bonchev–Trinajstić information content (AvgIpc) is 2.40. The molecule has 0 radical (unpaired) electrons. The molecule has 0 aliphatic carbocycles. The van der Waals surface area contributed by atoms with Gasteiger partial charge in [-0.3, -0.25) is 4.79 Å². The van der Waals surface area contributed by atoms with E-state index in [1.54, 1.807) is 30.3 Å². The Morgan fingerprint density at radius 2 is 1.84 bits per heavy atom. The number of aromatic hydroxyl groups is 1. The summed E-state index contributed by atoms with van der Waals surface area (Å²) in [4.78, 5) is 11.5. The smallest absolute Gasteiger partial charge is 0.315 e. The summed E-state index contributed by atoms with van der Waals surface area (Å²) in [6.45, 7) is 0. The molecule has 2 aromatic carbocycles. The molecule has 98 valence electrons. The number of rotatable bonds is 4. The second-order valence-corrected chi connectivity index (χ2v) is 4.11. The normalized spacial score (nSPS) is 11.8. The van der Waals surface area contributed by atoms with E-state index in [0.717, 1.165) is 0 Å². The Morgan fingerprint density at radius 1 is 1.16 bits per heavy atom. The summed E-state index contributed by atoms with van der Waals surface area (Å²) in [6, 6.07) is 13.3. The lowest BCUT2D eigenvalue weighted by Crippen LogP contribution is -2.14. The van der Waals surface area contributed by atoms with E-state index in [1.807, 2.05) is 6.07 Å². The van der Waals surface area contributed by atoms with Gasteiger partial charge in [0.15, 0.2) is 0 Å². The third-order valence-corrected chi connectivity index (χ3v) is 2.90. The van der Waals surface area contributed by atoms with Gasteiger partial charge in [-0.1, -0.05) is 30.3 Å². The zero-order valence-corrected chi connectivity index (χ0v) is 10.4. The molecule has 2 rings (SSSR count). The Bertz CT molecular complexity index is 578. The first-order chi connectivity index (χ1) is 9.13. The van der Waals surface area contributed by atoms with Crippen LogP contribution in [0.5, 0.6) is 11.5 Å². The van der Waals surface area contributed by atoms with Crippen molar-refractivity contribution in [1.82, 2.24) is 0 Å². The van der Waals surface area contributed by atoms with E-state index in [-0.39, 0.29) is 5.75 Å². The van der Waals surface area contributed by atoms with E-state index >= 15 is 0 Å². The highest BCUT2D eigenvalue weighted by Crippen LogP contribution is 2.34. The molecule has 0 saturated heterocycles. The summed E-state index contributed by atoms with van der Waals surface area (Å²) in [7, 11) is 1.47. The fraction of sp³-hybridized carbons (Fsp3) is 0.133. The second kappa shape index (κ2) is 5.44. The van der Waals surface area contributed by atoms with Gasteiger partial charge in [0.25, 0.3) is 0 Å². The zero-order chi connectivity index (χ0) is 13.8. The molecule has 0 spiro atoms. The highest BCUT2D eigenvalue weighted by atomic mass is 16.5. The maximum absolute atomic E-state index is 11.5. The van der Waals surface area contributed by atoms with Crippen molar-refractivity contribution in [3.8, 4) is 11.5 Å². The number of hydrogen-bond acceptors (Lipinski definition) is 3. The molecule has 0 fully saturated rings. The van der Waals surface area contributed by atoms with Crippen LogP contribution < -0.4 is 4.74 Å². The summed E-state index contributed by atoms with van der Waals surface area (Å²) in [5, 5.41) is 19.0. The van der Waals surface area contributed by atoms with Gasteiger partial charge in [-0.15, -0.1) is 0 Å². The molecule has 0 aliphatic heterocycles. The van der Waals surface area contributed by atoms with Gasteiger partial charge in [0.05, 0.1) is 7.11 Å². The molecule has 4 nitrogen and oxygen atoms in total. The molecule has 0 amide bonds. The number of phenols is 1. The van der Waals surface area contributed by atoms with Crippen molar-refractivity contribution in [3.05, 3.63) is 59.7 Å². The van der Waals surface area contributed by atoms with E-state index in [0.29, 0.717) is 16.9 Å². The van der Waals surface area contributed by atoms with E-state index in [9.17, 15) is 15.0 Å². The first kappa shape index (κ1) is 13.0. The molecular formula is C15H14O4. The first-order valence-corrected chi connectivity index (χ1v) is 5.78. The van der Waals surface area contributed by atoms with E-state index in [4.69, 9.17) is 4.74 Å². The van der Waals surface area contributed by atoms with Crippen LogP contribution in [0.25, 0.3) is 0 Å². The van der Waals surface area contributed by atoms with E-state index < -0.39 is 11.9 Å². The number of ether oxygens (including phenoxy) is 1. The van der Waals surface area contributed by atoms with Gasteiger partial charge >= 0.3 is 5.97 Å². The largest absolute Gasteiger partial charge is 0.508 e. The lowest BCUT2D eigenvalue weighted by Gasteiger charge is -2.16. The zero-order valence-electron chi connectivity index (χ0n) is 10.4. The summed E-state index contributed by atoms with van der Waals surface area (Å²) < 4.78 is 5.18. The number of hydrogen-bond donors (Lipinski definition) is 2. The predicted molar refractivity (Wildman–Crippen MR) is 70.6 cm³/mol. The van der Waals surface area contributed by atoms with Gasteiger partial charge < -0.3 is 14.9 Å². The van der Waals surface area contributed by atoms with Gasteiger partial charge in [0.1, 0.15) is 17.4 Å². The van der Waals surface area contributed by atoms with Crippen molar-refractivity contribution in [3.63, 3.8) is 0 Å². The minimum atomic E-state index is -0.991. The summed E-state index contributed by atoms with van der Waals surface area (Å²) in [5.41, 5.74) is 1.07. The maximum Gasteiger partial charge on any atom is 0.315 e. The van der Waals surface area contributed by atoms with Gasteiger partial charge in [0.2, 0.25) is 0 Å². The van der Waals surface area contributed by atoms with E-state index in [1.165, 1.54) is 19.2 Å². The highest BCUT2D eigenvalue weighted by Gasteiger charge is 2.25. The number of methoxy groups -OCH3 is 1. The minimum Gasteiger partial charge on any atom is -0.508 e. The number of aliphatic carboxylic acids is 1. The maximum atomic E-state index is 11.5. The Labute approximate surface area is 110 Å². The van der Waals surface area contributed by atoms with E-state index in [2.05, 4.69) is 0 Å². The van der Waals surface area contributed by atoms with Gasteiger partial charge in [-0.25, -0.2) is 0 Å². The van der Waals surface area contributed by atoms with Crippen molar-refractivity contribution in [2.45, 2.75) is 5.92 Å². The molecule has 0 unspecified atom stereocenters. The Kier molecular flexibility index (Phi) is 3.71. The Morgan fingerprint density at radius 3 is 2.42 bits per heavy atom. The quantitative estimate of drug-likeness (QED) is 0.884. The lowest BCUT2D eigenvalue weighted by molar-refractivity contribution is -0.137. The second-order valence-electron chi connectivity index (χ2n) is 4.11. The number of carboxylic acids is 1. The third-order valence-electron chi connectivity index (χ3n) is 2.90. The van der Waals surface area contributed by atoms with Crippen molar-refractivity contribution in [2.75, 3.05) is 7.11 Å². The number of benzene rings is 2. The van der Waals surface area contributed by atoms with Crippen LogP contribution in [0.1, 0.15) is 17.0 Å². The van der Waals surface area contributed by atoms with Gasteiger partial charge in [-0.2, -0.15) is 0 Å². The SMILES string of the molecule is COc1ccc(O)cc1[C@@H](C(=O)O)c1ccccc1. The van der Waals surface area contributed by atoms with Crippen molar-refractivity contribution >= 4 is 5.97 Å². The van der Waals surface area contributed by atoms with Crippen LogP contribution in [0, 0.1) is 0 Å². The van der Waals surface area contributed by atoms with Crippen LogP contribution in [-0.2, 0) is 4.79 Å². The van der Waals surface area contributed by atoms with Gasteiger partial charge in [-0.05, 0) is 23.8 Å². The van der Waals surface area contributed by atoms with Crippen molar-refractivity contribution in [2.24, 2.45) is 0 Å². The topological polar surface area (TPSA) is 66.8 Å².